The summed E-state index contributed by atoms with van der Waals surface area (Å²) >= 11 is 5.84. The second-order valence-electron chi connectivity index (χ2n) is 5.67. The summed E-state index contributed by atoms with van der Waals surface area (Å²) in [6, 6.07) is 26.1. The van der Waals surface area contributed by atoms with Crippen LogP contribution in [-0.2, 0) is 0 Å². The third-order valence-electron chi connectivity index (χ3n) is 3.88. The van der Waals surface area contributed by atoms with Gasteiger partial charge in [-0.15, -0.1) is 0 Å². The summed E-state index contributed by atoms with van der Waals surface area (Å²) in [4.78, 5) is 14.2. The number of hydrogen-bond donors (Lipinski definition) is 0. The molecule has 4 rings (SSSR count). The lowest BCUT2D eigenvalue weighted by molar-refractivity contribution is 1.07. The third kappa shape index (κ3) is 3.68. The second-order valence-corrected chi connectivity index (χ2v) is 7.68. The van der Waals surface area contributed by atoms with Gasteiger partial charge in [-0.1, -0.05) is 60.7 Å². The average molecular weight is 514 g/mol. The van der Waals surface area contributed by atoms with E-state index in [0.29, 0.717) is 17.5 Å². The van der Waals surface area contributed by atoms with E-state index in [1.807, 2.05) is 72.8 Å². The summed E-state index contributed by atoms with van der Waals surface area (Å²) in [5.41, 5.74) is 2.91. The van der Waals surface area contributed by atoms with Gasteiger partial charge >= 0.3 is 0 Å². The molecule has 0 atom stereocenters. The zero-order chi connectivity index (χ0) is 17.9. The Morgan fingerprint density at radius 3 is 1.50 bits per heavy atom. The maximum atomic E-state index is 4.73. The van der Waals surface area contributed by atoms with E-state index in [2.05, 4.69) is 44.6 Å². The topological polar surface area (TPSA) is 38.7 Å². The first kappa shape index (κ1) is 17.3. The zero-order valence-electron chi connectivity index (χ0n) is 13.6. The van der Waals surface area contributed by atoms with E-state index in [9.17, 15) is 0 Å². The molecule has 126 valence electrons. The molecule has 0 fully saturated rings. The van der Waals surface area contributed by atoms with Crippen molar-refractivity contribution in [2.45, 2.75) is 0 Å². The van der Waals surface area contributed by atoms with Crippen molar-refractivity contribution in [3.05, 3.63) is 86.9 Å². The van der Waals surface area contributed by atoms with Crippen LogP contribution in [-0.4, -0.2) is 15.0 Å². The predicted octanol–water partition coefficient (Wildman–Crippen LogP) is 6.24. The van der Waals surface area contributed by atoms with Crippen LogP contribution in [0, 0.1) is 3.57 Å². The summed E-state index contributed by atoms with van der Waals surface area (Å²) in [5, 5.41) is 0. The molecule has 3 nitrogen and oxygen atoms in total. The van der Waals surface area contributed by atoms with Gasteiger partial charge in [-0.2, -0.15) is 0 Å². The van der Waals surface area contributed by atoms with Gasteiger partial charge < -0.3 is 0 Å². The monoisotopic (exact) mass is 513 g/mol. The lowest BCUT2D eigenvalue weighted by atomic mass is 10.1. The highest BCUT2D eigenvalue weighted by Crippen LogP contribution is 2.27. The van der Waals surface area contributed by atoms with E-state index in [1.54, 1.807) is 0 Å². The molecule has 0 aliphatic heterocycles. The number of nitrogens with zero attached hydrogens (tertiary/aromatic N) is 3. The van der Waals surface area contributed by atoms with E-state index in [-0.39, 0.29) is 0 Å². The first-order valence-electron chi connectivity index (χ1n) is 8.03. The third-order valence-corrected chi connectivity index (χ3v) is 6.20. The molecular formula is C21H13BrIN3. The van der Waals surface area contributed by atoms with Gasteiger partial charge in [0, 0.05) is 24.7 Å². The summed E-state index contributed by atoms with van der Waals surface area (Å²) in [5.74, 6) is 2.02. The van der Waals surface area contributed by atoms with E-state index in [1.165, 1.54) is 0 Å². The highest BCUT2D eigenvalue weighted by Gasteiger charge is 2.12. The highest BCUT2D eigenvalue weighted by molar-refractivity contribution is 14.1. The van der Waals surface area contributed by atoms with Crippen LogP contribution >= 0.6 is 38.5 Å². The Bertz CT molecular complexity index is 996. The summed E-state index contributed by atoms with van der Waals surface area (Å²) < 4.78 is 2.17. The Morgan fingerprint density at radius 1 is 0.577 bits per heavy atom. The molecule has 1 heterocycles. The summed E-state index contributed by atoms with van der Waals surface area (Å²) in [6.45, 7) is 0. The van der Waals surface area contributed by atoms with Crippen LogP contribution in [0.2, 0.25) is 0 Å². The molecule has 0 saturated carbocycles. The molecule has 4 aromatic rings. The predicted molar refractivity (Wildman–Crippen MR) is 117 cm³/mol. The van der Waals surface area contributed by atoms with Crippen molar-refractivity contribution in [1.82, 2.24) is 15.0 Å². The van der Waals surface area contributed by atoms with Gasteiger partial charge in [0.25, 0.3) is 0 Å². The molecule has 0 N–H and O–H groups in total. The number of halogens is 2. The molecule has 0 aliphatic carbocycles. The van der Waals surface area contributed by atoms with Gasteiger partial charge in [0.15, 0.2) is 17.5 Å². The van der Waals surface area contributed by atoms with E-state index < -0.39 is 0 Å². The molecule has 0 bridgehead atoms. The first-order chi connectivity index (χ1) is 12.7. The quantitative estimate of drug-likeness (QED) is 0.304. The van der Waals surface area contributed by atoms with Crippen molar-refractivity contribution in [2.75, 3.05) is 0 Å². The SMILES string of the molecule is Brc1ccc(-c2nc(-c3ccccc3)nc(-c3ccccc3)n2)cc1I. The molecule has 0 unspecified atom stereocenters. The standard InChI is InChI=1S/C21H13BrIN3/c22-17-12-11-16(13-18(17)23)21-25-19(14-7-3-1-4-8-14)24-20(26-21)15-9-5-2-6-10-15/h1-13H. The van der Waals surface area contributed by atoms with Gasteiger partial charge in [-0.3, -0.25) is 0 Å². The van der Waals surface area contributed by atoms with Crippen molar-refractivity contribution < 1.29 is 0 Å². The largest absolute Gasteiger partial charge is 0.208 e. The summed E-state index contributed by atoms with van der Waals surface area (Å²) in [6.07, 6.45) is 0. The summed E-state index contributed by atoms with van der Waals surface area (Å²) in [7, 11) is 0. The van der Waals surface area contributed by atoms with Gasteiger partial charge in [0.05, 0.1) is 0 Å². The van der Waals surface area contributed by atoms with Crippen LogP contribution in [0.3, 0.4) is 0 Å². The van der Waals surface area contributed by atoms with Crippen molar-refractivity contribution in [3.8, 4) is 34.2 Å². The number of aromatic nitrogens is 3. The smallest absolute Gasteiger partial charge is 0.164 e. The van der Waals surface area contributed by atoms with Crippen molar-refractivity contribution in [1.29, 1.82) is 0 Å². The minimum Gasteiger partial charge on any atom is -0.208 e. The molecule has 0 spiro atoms. The van der Waals surface area contributed by atoms with E-state index in [4.69, 9.17) is 15.0 Å². The van der Waals surface area contributed by atoms with Crippen LogP contribution in [0.1, 0.15) is 0 Å². The first-order valence-corrected chi connectivity index (χ1v) is 9.90. The van der Waals surface area contributed by atoms with Gasteiger partial charge in [0.2, 0.25) is 0 Å². The Morgan fingerprint density at radius 2 is 1.04 bits per heavy atom. The average Bonchev–Trinajstić information content (AvgIpc) is 2.71. The van der Waals surface area contributed by atoms with E-state index >= 15 is 0 Å². The number of hydrogen-bond acceptors (Lipinski definition) is 3. The van der Waals surface area contributed by atoms with Crippen LogP contribution in [0.4, 0.5) is 0 Å². The minimum absolute atomic E-state index is 0.670. The van der Waals surface area contributed by atoms with Crippen molar-refractivity contribution >= 4 is 38.5 Å². The number of benzene rings is 3. The molecule has 5 heteroatoms. The molecular weight excluding hydrogens is 501 g/mol. The van der Waals surface area contributed by atoms with E-state index in [0.717, 1.165) is 24.7 Å². The zero-order valence-corrected chi connectivity index (χ0v) is 17.3. The van der Waals surface area contributed by atoms with Gasteiger partial charge in [0.1, 0.15) is 0 Å². The molecule has 0 amide bonds. The van der Waals surface area contributed by atoms with Gasteiger partial charge in [-0.25, -0.2) is 15.0 Å². The normalized spacial score (nSPS) is 10.7. The molecule has 26 heavy (non-hydrogen) atoms. The Balaban J connectivity index is 1.92. The minimum atomic E-state index is 0.670. The van der Waals surface area contributed by atoms with Gasteiger partial charge in [-0.05, 0) is 56.7 Å². The lowest BCUT2D eigenvalue weighted by Gasteiger charge is -2.09. The van der Waals surface area contributed by atoms with Crippen LogP contribution in [0.15, 0.2) is 83.3 Å². The molecule has 3 aromatic carbocycles. The molecule has 1 aromatic heterocycles. The van der Waals surface area contributed by atoms with Crippen LogP contribution in [0.5, 0.6) is 0 Å². The fraction of sp³-hybridized carbons (Fsp3) is 0. The van der Waals surface area contributed by atoms with Crippen LogP contribution < -0.4 is 0 Å². The van der Waals surface area contributed by atoms with Crippen molar-refractivity contribution in [3.63, 3.8) is 0 Å². The second kappa shape index (κ2) is 7.63. The Hall–Kier alpha value is -2.12. The maximum Gasteiger partial charge on any atom is 0.164 e. The van der Waals surface area contributed by atoms with Crippen molar-refractivity contribution in [2.24, 2.45) is 0 Å². The lowest BCUT2D eigenvalue weighted by Crippen LogP contribution is -2.00. The van der Waals surface area contributed by atoms with Crippen LogP contribution in [0.25, 0.3) is 34.2 Å². The fourth-order valence-electron chi connectivity index (χ4n) is 2.57. The Labute approximate surface area is 173 Å². The molecule has 0 aliphatic rings. The Kier molecular flexibility index (Phi) is 5.08. The molecule has 0 saturated heterocycles. The molecule has 0 radical (unpaired) electrons. The fourth-order valence-corrected chi connectivity index (χ4v) is 3.33. The highest BCUT2D eigenvalue weighted by atomic mass is 127. The maximum absolute atomic E-state index is 4.73. The number of rotatable bonds is 3.